The van der Waals surface area contributed by atoms with Crippen LogP contribution in [0.25, 0.3) is 0 Å². The summed E-state index contributed by atoms with van der Waals surface area (Å²) >= 11 is 0. The molecule has 0 spiro atoms. The maximum absolute atomic E-state index is 4.12. The molecule has 0 radical (unpaired) electrons. The van der Waals surface area contributed by atoms with Gasteiger partial charge >= 0.3 is 0 Å². The molecule has 0 saturated heterocycles. The Morgan fingerprint density at radius 1 is 0.583 bits per heavy atom. The largest absolute Gasteiger partial charge is 0.310 e. The molecule has 3 saturated carbocycles. The number of rotatable bonds is 6. The molecule has 0 heterocycles. The standard InChI is InChI=1S/C22H42N2/c1-3-17-9-7-11-19(15-17)23-21-13-5-6-14-22(21)24-20-12-8-10-18(4-2)16-20/h17-24H,3-16H2,1-2H3. The molecular formula is C22H42N2. The molecule has 24 heavy (non-hydrogen) atoms. The van der Waals surface area contributed by atoms with E-state index in [1.165, 1.54) is 89.9 Å². The molecule has 0 amide bonds. The molecule has 0 aromatic carbocycles. The number of hydrogen-bond acceptors (Lipinski definition) is 2. The molecule has 3 aliphatic carbocycles. The lowest BCUT2D eigenvalue weighted by Gasteiger charge is -2.41. The minimum Gasteiger partial charge on any atom is -0.310 e. The molecule has 0 aromatic rings. The Morgan fingerprint density at radius 2 is 1.04 bits per heavy atom. The van der Waals surface area contributed by atoms with Crippen LogP contribution < -0.4 is 10.6 Å². The third-order valence-electron chi connectivity index (χ3n) is 7.39. The highest BCUT2D eigenvalue weighted by molar-refractivity contribution is 4.92. The van der Waals surface area contributed by atoms with E-state index in [-0.39, 0.29) is 0 Å². The van der Waals surface area contributed by atoms with Crippen molar-refractivity contribution in [3.63, 3.8) is 0 Å². The first kappa shape index (κ1) is 18.7. The number of nitrogens with one attached hydrogen (secondary N) is 2. The molecule has 0 aromatic heterocycles. The predicted octanol–water partition coefficient (Wildman–Crippen LogP) is 5.41. The lowest BCUT2D eigenvalue weighted by atomic mass is 9.81. The van der Waals surface area contributed by atoms with Crippen LogP contribution >= 0.6 is 0 Å². The summed E-state index contributed by atoms with van der Waals surface area (Å²) < 4.78 is 0. The minimum atomic E-state index is 0.737. The van der Waals surface area contributed by atoms with Gasteiger partial charge in [0.2, 0.25) is 0 Å². The van der Waals surface area contributed by atoms with Crippen LogP contribution in [0.3, 0.4) is 0 Å². The smallest absolute Gasteiger partial charge is 0.0223 e. The molecule has 2 nitrogen and oxygen atoms in total. The first-order valence-electron chi connectivity index (χ1n) is 11.3. The van der Waals surface area contributed by atoms with E-state index >= 15 is 0 Å². The fraction of sp³-hybridized carbons (Fsp3) is 1.00. The summed E-state index contributed by atoms with van der Waals surface area (Å²) in [6.45, 7) is 4.76. The fourth-order valence-electron chi connectivity index (χ4n) is 5.76. The van der Waals surface area contributed by atoms with Crippen LogP contribution in [0.4, 0.5) is 0 Å². The number of hydrogen-bond donors (Lipinski definition) is 2. The van der Waals surface area contributed by atoms with E-state index in [9.17, 15) is 0 Å². The van der Waals surface area contributed by atoms with Crippen molar-refractivity contribution in [3.05, 3.63) is 0 Å². The van der Waals surface area contributed by atoms with Crippen LogP contribution in [-0.2, 0) is 0 Å². The van der Waals surface area contributed by atoms with E-state index in [0.717, 1.165) is 36.0 Å². The van der Waals surface area contributed by atoms with Crippen LogP contribution in [0.1, 0.15) is 104 Å². The molecule has 0 aliphatic heterocycles. The SMILES string of the molecule is CCC1CCCC(NC2CCCCC2NC2CCCC(CC)C2)C1. The molecule has 140 valence electrons. The van der Waals surface area contributed by atoms with Gasteiger partial charge in [0, 0.05) is 24.2 Å². The van der Waals surface area contributed by atoms with Crippen LogP contribution in [0, 0.1) is 11.8 Å². The highest BCUT2D eigenvalue weighted by Crippen LogP contribution is 2.30. The van der Waals surface area contributed by atoms with Crippen molar-refractivity contribution in [2.75, 3.05) is 0 Å². The molecule has 3 aliphatic rings. The van der Waals surface area contributed by atoms with Gasteiger partial charge in [0.25, 0.3) is 0 Å². The summed E-state index contributed by atoms with van der Waals surface area (Å²) in [6.07, 6.45) is 20.0. The van der Waals surface area contributed by atoms with Gasteiger partial charge in [0.05, 0.1) is 0 Å². The van der Waals surface area contributed by atoms with Gasteiger partial charge in [-0.3, -0.25) is 0 Å². The van der Waals surface area contributed by atoms with Crippen molar-refractivity contribution in [1.29, 1.82) is 0 Å². The zero-order valence-electron chi connectivity index (χ0n) is 16.4. The van der Waals surface area contributed by atoms with Gasteiger partial charge in [-0.25, -0.2) is 0 Å². The second-order valence-corrected chi connectivity index (χ2v) is 9.11. The average molecular weight is 335 g/mol. The summed E-state index contributed by atoms with van der Waals surface area (Å²) in [6, 6.07) is 3.07. The molecule has 2 heteroatoms. The fourth-order valence-corrected chi connectivity index (χ4v) is 5.76. The third-order valence-corrected chi connectivity index (χ3v) is 7.39. The Morgan fingerprint density at radius 3 is 1.46 bits per heavy atom. The summed E-state index contributed by atoms with van der Waals surface area (Å²) in [7, 11) is 0. The van der Waals surface area contributed by atoms with Gasteiger partial charge in [-0.2, -0.15) is 0 Å². The first-order valence-corrected chi connectivity index (χ1v) is 11.3. The van der Waals surface area contributed by atoms with Crippen LogP contribution in [0.5, 0.6) is 0 Å². The maximum atomic E-state index is 4.12. The molecule has 0 bridgehead atoms. The van der Waals surface area contributed by atoms with Crippen LogP contribution in [-0.4, -0.2) is 24.2 Å². The van der Waals surface area contributed by atoms with E-state index in [1.807, 2.05) is 0 Å². The van der Waals surface area contributed by atoms with Crippen molar-refractivity contribution in [2.45, 2.75) is 128 Å². The van der Waals surface area contributed by atoms with Gasteiger partial charge in [-0.05, 0) is 50.4 Å². The summed E-state index contributed by atoms with van der Waals surface area (Å²) in [5, 5.41) is 8.25. The van der Waals surface area contributed by atoms with Gasteiger partial charge in [0.1, 0.15) is 0 Å². The van der Waals surface area contributed by atoms with E-state index < -0.39 is 0 Å². The van der Waals surface area contributed by atoms with Crippen LogP contribution in [0.15, 0.2) is 0 Å². The molecule has 2 N–H and O–H groups in total. The highest BCUT2D eigenvalue weighted by Gasteiger charge is 2.31. The Balaban J connectivity index is 1.51. The summed E-state index contributed by atoms with van der Waals surface area (Å²) in [5.74, 6) is 1.96. The van der Waals surface area contributed by atoms with Crippen molar-refractivity contribution < 1.29 is 0 Å². The Labute approximate surface area is 150 Å². The highest BCUT2D eigenvalue weighted by atomic mass is 15.1. The van der Waals surface area contributed by atoms with Gasteiger partial charge in [-0.1, -0.05) is 65.2 Å². The van der Waals surface area contributed by atoms with Crippen molar-refractivity contribution in [3.8, 4) is 0 Å². The second kappa shape index (κ2) is 9.57. The monoisotopic (exact) mass is 334 g/mol. The zero-order chi connectivity index (χ0) is 16.8. The minimum absolute atomic E-state index is 0.737. The van der Waals surface area contributed by atoms with E-state index in [0.29, 0.717) is 0 Å². The summed E-state index contributed by atoms with van der Waals surface area (Å²) in [5.41, 5.74) is 0. The lowest BCUT2D eigenvalue weighted by molar-refractivity contribution is 0.185. The first-order chi connectivity index (χ1) is 11.8. The molecule has 6 unspecified atom stereocenters. The Bertz CT molecular complexity index is 322. The van der Waals surface area contributed by atoms with Crippen LogP contribution in [0.2, 0.25) is 0 Å². The molecule has 3 fully saturated rings. The lowest BCUT2D eigenvalue weighted by Crippen LogP contribution is -2.56. The van der Waals surface area contributed by atoms with E-state index in [4.69, 9.17) is 0 Å². The van der Waals surface area contributed by atoms with Crippen molar-refractivity contribution in [1.82, 2.24) is 10.6 Å². The topological polar surface area (TPSA) is 24.1 Å². The second-order valence-electron chi connectivity index (χ2n) is 9.11. The third kappa shape index (κ3) is 5.21. The normalized spacial score (nSPS) is 41.2. The maximum Gasteiger partial charge on any atom is 0.0223 e. The van der Waals surface area contributed by atoms with E-state index in [1.54, 1.807) is 0 Å². The predicted molar refractivity (Wildman–Crippen MR) is 104 cm³/mol. The van der Waals surface area contributed by atoms with Crippen molar-refractivity contribution in [2.24, 2.45) is 11.8 Å². The quantitative estimate of drug-likeness (QED) is 0.678. The Hall–Kier alpha value is -0.0800. The zero-order valence-corrected chi connectivity index (χ0v) is 16.4. The van der Waals surface area contributed by atoms with Gasteiger partial charge in [-0.15, -0.1) is 0 Å². The summed E-state index contributed by atoms with van der Waals surface area (Å²) in [4.78, 5) is 0. The van der Waals surface area contributed by atoms with Crippen molar-refractivity contribution >= 4 is 0 Å². The molecule has 6 atom stereocenters. The Kier molecular flexibility index (Phi) is 7.46. The van der Waals surface area contributed by atoms with Gasteiger partial charge in [0.15, 0.2) is 0 Å². The molecular weight excluding hydrogens is 292 g/mol. The average Bonchev–Trinajstić information content (AvgIpc) is 2.64. The van der Waals surface area contributed by atoms with Gasteiger partial charge < -0.3 is 10.6 Å². The molecule has 3 rings (SSSR count). The van der Waals surface area contributed by atoms with E-state index in [2.05, 4.69) is 24.5 Å².